The summed E-state index contributed by atoms with van der Waals surface area (Å²) in [4.78, 5) is 24.8. The van der Waals surface area contributed by atoms with Gasteiger partial charge in [0.15, 0.2) is 6.61 Å². The highest BCUT2D eigenvalue weighted by molar-refractivity contribution is 9.11. The van der Waals surface area contributed by atoms with Crippen LogP contribution in [0.4, 0.5) is 0 Å². The standard InChI is InChI=1S/C26H17Br2ClN2O4/c27-18-10-12-22(35-26(33)20-7-3-4-8-21(20)29)17(13-18)14-30-31-24(32)15-34-23-11-9-16-5-1-2-6-19(16)25(23)28/h1-14H,15H2,(H,31,32)/b30-14+. The van der Waals surface area contributed by atoms with Crippen LogP contribution in [0.1, 0.15) is 15.9 Å². The molecule has 0 spiro atoms. The molecule has 0 saturated carbocycles. The number of nitrogens with one attached hydrogen (secondary N) is 1. The molecule has 0 atom stereocenters. The van der Waals surface area contributed by atoms with Gasteiger partial charge in [-0.1, -0.05) is 70.0 Å². The van der Waals surface area contributed by atoms with Crippen molar-refractivity contribution in [1.29, 1.82) is 0 Å². The molecule has 0 fully saturated rings. The highest BCUT2D eigenvalue weighted by Crippen LogP contribution is 2.33. The average molecular weight is 617 g/mol. The van der Waals surface area contributed by atoms with Gasteiger partial charge in [-0.15, -0.1) is 0 Å². The summed E-state index contributed by atoms with van der Waals surface area (Å²) in [5, 5.41) is 6.30. The fourth-order valence-electron chi connectivity index (χ4n) is 3.17. The molecule has 9 heteroatoms. The molecule has 0 aliphatic heterocycles. The number of carbonyl (C=O) groups excluding carboxylic acids is 2. The third kappa shape index (κ3) is 6.28. The molecule has 4 aromatic carbocycles. The highest BCUT2D eigenvalue weighted by Gasteiger charge is 2.14. The van der Waals surface area contributed by atoms with Gasteiger partial charge < -0.3 is 9.47 Å². The van der Waals surface area contributed by atoms with Crippen molar-refractivity contribution in [1.82, 2.24) is 5.43 Å². The summed E-state index contributed by atoms with van der Waals surface area (Å²) in [7, 11) is 0. The number of hydrogen-bond acceptors (Lipinski definition) is 5. The lowest BCUT2D eigenvalue weighted by atomic mass is 10.1. The summed E-state index contributed by atoms with van der Waals surface area (Å²) >= 11 is 13.0. The van der Waals surface area contributed by atoms with Crippen LogP contribution in [-0.4, -0.2) is 24.7 Å². The molecule has 0 radical (unpaired) electrons. The number of esters is 1. The number of nitrogens with zero attached hydrogens (tertiary/aromatic N) is 1. The highest BCUT2D eigenvalue weighted by atomic mass is 79.9. The van der Waals surface area contributed by atoms with E-state index in [9.17, 15) is 9.59 Å². The zero-order valence-electron chi connectivity index (χ0n) is 18.0. The number of fused-ring (bicyclic) bond motifs is 1. The molecule has 0 bridgehead atoms. The van der Waals surface area contributed by atoms with Crippen LogP contribution >= 0.6 is 43.5 Å². The number of hydrogen-bond donors (Lipinski definition) is 1. The first-order valence-electron chi connectivity index (χ1n) is 10.3. The van der Waals surface area contributed by atoms with Crippen molar-refractivity contribution < 1.29 is 19.1 Å². The Hall–Kier alpha value is -3.20. The summed E-state index contributed by atoms with van der Waals surface area (Å²) in [6.45, 7) is -0.235. The molecule has 0 aliphatic rings. The van der Waals surface area contributed by atoms with E-state index >= 15 is 0 Å². The smallest absolute Gasteiger partial charge is 0.345 e. The molecule has 0 saturated heterocycles. The Balaban J connectivity index is 1.40. The third-order valence-electron chi connectivity index (χ3n) is 4.85. The van der Waals surface area contributed by atoms with Gasteiger partial charge in [-0.25, -0.2) is 10.2 Å². The maximum Gasteiger partial charge on any atom is 0.345 e. The Morgan fingerprint density at radius 1 is 0.943 bits per heavy atom. The minimum Gasteiger partial charge on any atom is -0.483 e. The number of amides is 1. The number of ether oxygens (including phenoxy) is 2. The van der Waals surface area contributed by atoms with Gasteiger partial charge in [0.05, 0.1) is 21.3 Å². The molecule has 6 nitrogen and oxygen atoms in total. The van der Waals surface area contributed by atoms with E-state index in [4.69, 9.17) is 21.1 Å². The van der Waals surface area contributed by atoms with Gasteiger partial charge in [-0.2, -0.15) is 5.10 Å². The third-order valence-corrected chi connectivity index (χ3v) is 6.49. The average Bonchev–Trinajstić information content (AvgIpc) is 2.85. The van der Waals surface area contributed by atoms with Gasteiger partial charge in [0, 0.05) is 10.0 Å². The van der Waals surface area contributed by atoms with E-state index in [0.29, 0.717) is 11.3 Å². The Morgan fingerprint density at radius 2 is 1.69 bits per heavy atom. The van der Waals surface area contributed by atoms with Crippen LogP contribution in [0.3, 0.4) is 0 Å². The lowest BCUT2D eigenvalue weighted by Crippen LogP contribution is -2.24. The molecule has 0 aromatic heterocycles. The number of benzene rings is 4. The summed E-state index contributed by atoms with van der Waals surface area (Å²) in [5.41, 5.74) is 3.12. The van der Waals surface area contributed by atoms with Crippen LogP contribution in [0, 0.1) is 0 Å². The fourth-order valence-corrected chi connectivity index (χ4v) is 4.37. The Bertz CT molecular complexity index is 1440. The van der Waals surface area contributed by atoms with Crippen molar-refractivity contribution in [2.24, 2.45) is 5.10 Å². The molecule has 4 rings (SSSR count). The zero-order chi connectivity index (χ0) is 24.8. The molecule has 4 aromatic rings. The van der Waals surface area contributed by atoms with E-state index in [0.717, 1.165) is 19.7 Å². The number of hydrazone groups is 1. The van der Waals surface area contributed by atoms with Crippen molar-refractivity contribution in [3.63, 3.8) is 0 Å². The lowest BCUT2D eigenvalue weighted by molar-refractivity contribution is -0.123. The normalized spacial score (nSPS) is 10.9. The van der Waals surface area contributed by atoms with Crippen LogP contribution in [0.5, 0.6) is 11.5 Å². The van der Waals surface area contributed by atoms with Crippen LogP contribution in [-0.2, 0) is 4.79 Å². The minimum absolute atomic E-state index is 0.235. The van der Waals surface area contributed by atoms with Crippen molar-refractivity contribution in [3.05, 3.63) is 104 Å². The number of halogens is 3. The van der Waals surface area contributed by atoms with Crippen LogP contribution in [0.15, 0.2) is 92.9 Å². The summed E-state index contributed by atoms with van der Waals surface area (Å²) in [5.74, 6) is -0.257. The molecule has 0 heterocycles. The van der Waals surface area contributed by atoms with E-state index in [-0.39, 0.29) is 22.9 Å². The first-order valence-corrected chi connectivity index (χ1v) is 12.3. The quantitative estimate of drug-likeness (QED) is 0.108. The van der Waals surface area contributed by atoms with E-state index < -0.39 is 11.9 Å². The lowest BCUT2D eigenvalue weighted by Gasteiger charge is -2.10. The molecule has 0 unspecified atom stereocenters. The predicted octanol–water partition coefficient (Wildman–Crippen LogP) is 6.77. The minimum atomic E-state index is -0.606. The molecular formula is C26H17Br2ClN2O4. The largest absolute Gasteiger partial charge is 0.483 e. The Morgan fingerprint density at radius 3 is 2.51 bits per heavy atom. The molecular weight excluding hydrogens is 600 g/mol. The fraction of sp³-hybridized carbons (Fsp3) is 0.0385. The zero-order valence-corrected chi connectivity index (χ0v) is 21.9. The van der Waals surface area contributed by atoms with Gasteiger partial charge in [-0.3, -0.25) is 4.79 Å². The van der Waals surface area contributed by atoms with Crippen LogP contribution in [0.2, 0.25) is 5.02 Å². The maximum atomic E-state index is 12.5. The van der Waals surface area contributed by atoms with Crippen molar-refractivity contribution in [3.8, 4) is 11.5 Å². The van der Waals surface area contributed by atoms with Gasteiger partial charge in [0.1, 0.15) is 11.5 Å². The van der Waals surface area contributed by atoms with Gasteiger partial charge in [0.2, 0.25) is 0 Å². The van der Waals surface area contributed by atoms with Crippen molar-refractivity contribution >= 4 is 72.3 Å². The second-order valence-electron chi connectivity index (χ2n) is 7.23. The second-order valence-corrected chi connectivity index (χ2v) is 9.35. The first-order chi connectivity index (χ1) is 16.9. The van der Waals surface area contributed by atoms with Gasteiger partial charge >= 0.3 is 5.97 Å². The van der Waals surface area contributed by atoms with Crippen molar-refractivity contribution in [2.45, 2.75) is 0 Å². The van der Waals surface area contributed by atoms with Gasteiger partial charge in [0.25, 0.3) is 5.91 Å². The predicted molar refractivity (Wildman–Crippen MR) is 143 cm³/mol. The molecule has 176 valence electrons. The molecule has 1 amide bonds. The molecule has 35 heavy (non-hydrogen) atoms. The van der Waals surface area contributed by atoms with E-state index in [2.05, 4.69) is 42.4 Å². The van der Waals surface area contributed by atoms with Gasteiger partial charge in [-0.05, 0) is 63.1 Å². The topological polar surface area (TPSA) is 77.0 Å². The Labute approximate surface area is 223 Å². The summed E-state index contributed by atoms with van der Waals surface area (Å²) in [6.07, 6.45) is 1.38. The SMILES string of the molecule is O=C(COc1ccc2ccccc2c1Br)N/N=C/c1cc(Br)ccc1OC(=O)c1ccccc1Cl. The van der Waals surface area contributed by atoms with E-state index in [1.807, 2.05) is 30.3 Å². The molecule has 1 N–H and O–H groups in total. The summed E-state index contributed by atoms with van der Waals surface area (Å²) in [6, 6.07) is 23.2. The second kappa shape index (κ2) is 11.5. The first kappa shape index (κ1) is 24.9. The molecule has 0 aliphatic carbocycles. The van der Waals surface area contributed by atoms with Crippen LogP contribution in [0.25, 0.3) is 10.8 Å². The number of carbonyl (C=O) groups is 2. The van der Waals surface area contributed by atoms with Crippen molar-refractivity contribution in [2.75, 3.05) is 6.61 Å². The monoisotopic (exact) mass is 614 g/mol. The number of rotatable bonds is 7. The summed E-state index contributed by atoms with van der Waals surface area (Å²) < 4.78 is 12.7. The Kier molecular flexibility index (Phi) is 8.17. The maximum absolute atomic E-state index is 12.5. The van der Waals surface area contributed by atoms with E-state index in [1.54, 1.807) is 48.5 Å². The van der Waals surface area contributed by atoms with E-state index in [1.165, 1.54) is 6.21 Å². The van der Waals surface area contributed by atoms with Crippen LogP contribution < -0.4 is 14.9 Å².